The predicted molar refractivity (Wildman–Crippen MR) is 185 cm³/mol. The number of halogens is 1. The van der Waals surface area contributed by atoms with Crippen molar-refractivity contribution in [3.8, 4) is 5.75 Å². The molecule has 11 nitrogen and oxygen atoms in total. The van der Waals surface area contributed by atoms with E-state index in [0.29, 0.717) is 19.4 Å². The lowest BCUT2D eigenvalue weighted by Crippen LogP contribution is -2.48. The molecule has 4 atom stereocenters. The Labute approximate surface area is 289 Å². The zero-order valence-electron chi connectivity index (χ0n) is 28.5. The Morgan fingerprint density at radius 2 is 1.65 bits per heavy atom. The van der Waals surface area contributed by atoms with Gasteiger partial charge in [-0.1, -0.05) is 24.6 Å². The third-order valence-corrected chi connectivity index (χ3v) is 11.8. The number of aryl methyl sites for hydroxylation is 1. The second kappa shape index (κ2) is 16.4. The number of hydrogen-bond acceptors (Lipinski definition) is 8. The van der Waals surface area contributed by atoms with Crippen molar-refractivity contribution in [3.05, 3.63) is 83.7 Å². The first kappa shape index (κ1) is 38.2. The summed E-state index contributed by atoms with van der Waals surface area (Å²) in [6.45, 7) is 7.26. The minimum Gasteiger partial charge on any atom is -0.490 e. The lowest BCUT2D eigenvalue weighted by atomic mass is 10.0. The Balaban J connectivity index is 1.67. The van der Waals surface area contributed by atoms with E-state index < -0.39 is 49.8 Å². The Morgan fingerprint density at radius 1 is 1.00 bits per heavy atom. The number of likely N-dealkylation sites (N-methyl/N-ethyl adjacent to an activating group) is 1. The van der Waals surface area contributed by atoms with Gasteiger partial charge in [0.05, 0.1) is 40.2 Å². The van der Waals surface area contributed by atoms with Crippen molar-refractivity contribution in [1.29, 1.82) is 0 Å². The van der Waals surface area contributed by atoms with E-state index in [0.717, 1.165) is 28.4 Å². The second-order valence-corrected chi connectivity index (χ2v) is 16.4. The largest absolute Gasteiger partial charge is 0.490 e. The number of nitrogens with one attached hydrogen (secondary N) is 1. The molecule has 0 unspecified atom stereocenters. The van der Waals surface area contributed by atoms with Crippen molar-refractivity contribution in [3.63, 3.8) is 0 Å². The van der Waals surface area contributed by atoms with Gasteiger partial charge >= 0.3 is 0 Å². The summed E-state index contributed by atoms with van der Waals surface area (Å²) in [5, 5.41) is 10.2. The van der Waals surface area contributed by atoms with E-state index >= 15 is 0 Å². The van der Waals surface area contributed by atoms with Gasteiger partial charge in [-0.25, -0.2) is 21.2 Å². The minimum atomic E-state index is -3.98. The van der Waals surface area contributed by atoms with Gasteiger partial charge in [-0.05, 0) is 94.6 Å². The van der Waals surface area contributed by atoms with E-state index in [1.54, 1.807) is 25.1 Å². The van der Waals surface area contributed by atoms with Crippen molar-refractivity contribution in [2.45, 2.75) is 75.0 Å². The molecule has 3 aromatic rings. The summed E-state index contributed by atoms with van der Waals surface area (Å²) in [7, 11) is -6.53. The van der Waals surface area contributed by atoms with Gasteiger partial charge in [0, 0.05) is 38.3 Å². The number of anilines is 1. The number of aliphatic hydroxyl groups excluding tert-OH is 1. The highest BCUT2D eigenvalue weighted by Gasteiger charge is 2.32. The van der Waals surface area contributed by atoms with Crippen LogP contribution in [0.2, 0.25) is 0 Å². The highest BCUT2D eigenvalue weighted by molar-refractivity contribution is 7.92. The van der Waals surface area contributed by atoms with Crippen LogP contribution in [0.1, 0.15) is 56.0 Å². The van der Waals surface area contributed by atoms with E-state index in [1.165, 1.54) is 48.3 Å². The van der Waals surface area contributed by atoms with Gasteiger partial charge in [0.25, 0.3) is 15.9 Å². The van der Waals surface area contributed by atoms with Gasteiger partial charge in [0.2, 0.25) is 10.0 Å². The maximum atomic E-state index is 14.4. The molecule has 1 aliphatic rings. The van der Waals surface area contributed by atoms with E-state index in [1.807, 2.05) is 20.8 Å². The molecule has 49 heavy (non-hydrogen) atoms. The van der Waals surface area contributed by atoms with Crippen LogP contribution in [-0.4, -0.2) is 88.7 Å². The number of ether oxygens (including phenoxy) is 2. The number of hydrogen-bond donors (Lipinski definition) is 2. The summed E-state index contributed by atoms with van der Waals surface area (Å²) in [5.74, 6) is -1.20. The van der Waals surface area contributed by atoms with Crippen LogP contribution >= 0.6 is 0 Å². The van der Waals surface area contributed by atoms with Gasteiger partial charge in [0.15, 0.2) is 0 Å². The summed E-state index contributed by atoms with van der Waals surface area (Å²) in [6.07, 6.45) is 1.10. The smallest absolute Gasteiger partial charge is 0.261 e. The van der Waals surface area contributed by atoms with Crippen LogP contribution < -0.4 is 9.46 Å². The van der Waals surface area contributed by atoms with Crippen molar-refractivity contribution in [1.82, 2.24) is 9.21 Å². The van der Waals surface area contributed by atoms with Crippen LogP contribution in [0.3, 0.4) is 0 Å². The van der Waals surface area contributed by atoms with Crippen LogP contribution in [0.25, 0.3) is 0 Å². The molecule has 0 bridgehead atoms. The molecule has 0 saturated carbocycles. The minimum absolute atomic E-state index is 0.0442. The van der Waals surface area contributed by atoms with Gasteiger partial charge in [-0.2, -0.15) is 4.31 Å². The maximum absolute atomic E-state index is 14.4. The summed E-state index contributed by atoms with van der Waals surface area (Å²) in [6, 6.07) is 14.8. The van der Waals surface area contributed by atoms with E-state index in [9.17, 15) is 31.1 Å². The summed E-state index contributed by atoms with van der Waals surface area (Å²) < 4.78 is 82.8. The average molecular weight is 720 g/mol. The van der Waals surface area contributed by atoms with E-state index in [-0.39, 0.29) is 52.6 Å². The second-order valence-electron chi connectivity index (χ2n) is 12.7. The van der Waals surface area contributed by atoms with Crippen LogP contribution in [0.5, 0.6) is 5.75 Å². The lowest BCUT2D eigenvalue weighted by Gasteiger charge is -2.35. The third-order valence-electron chi connectivity index (χ3n) is 8.59. The fourth-order valence-corrected chi connectivity index (χ4v) is 7.75. The molecule has 0 spiro atoms. The van der Waals surface area contributed by atoms with Crippen molar-refractivity contribution in [2.24, 2.45) is 5.92 Å². The first-order chi connectivity index (χ1) is 23.1. The van der Waals surface area contributed by atoms with Crippen LogP contribution in [-0.2, 0) is 24.8 Å². The number of aliphatic hydroxyl groups is 1. The molecular weight excluding hydrogens is 674 g/mol. The SMILES string of the molecule is Cc1ccc(S(=O)(=O)Nc2ccc3c(c2)C(=O)N([C@H](C)CO)C[C@H](C)[C@@H](CN(C)S(=O)(=O)c2ccc(F)cc2)OCCCC[C@@H](C)O3)cc1. The number of fused-ring (bicyclic) bond motifs is 1. The highest BCUT2D eigenvalue weighted by atomic mass is 32.2. The molecule has 0 saturated heterocycles. The zero-order chi connectivity index (χ0) is 35.9. The number of rotatable bonds is 9. The quantitative estimate of drug-likeness (QED) is 0.313. The molecular formula is C35H46FN3O8S2. The van der Waals surface area contributed by atoms with Gasteiger partial charge in [-0.15, -0.1) is 0 Å². The molecule has 1 amide bonds. The fourth-order valence-electron chi connectivity index (χ4n) is 5.52. The number of nitrogens with zero attached hydrogens (tertiary/aromatic N) is 2. The van der Waals surface area contributed by atoms with Crippen molar-refractivity contribution >= 4 is 31.6 Å². The van der Waals surface area contributed by atoms with Gasteiger partial charge in [0.1, 0.15) is 11.6 Å². The first-order valence-electron chi connectivity index (χ1n) is 16.3. The van der Waals surface area contributed by atoms with Crippen LogP contribution in [0.15, 0.2) is 76.5 Å². The molecule has 14 heteroatoms. The van der Waals surface area contributed by atoms with E-state index in [2.05, 4.69) is 4.72 Å². The molecule has 1 aliphatic heterocycles. The number of benzene rings is 3. The third kappa shape index (κ3) is 9.79. The van der Waals surface area contributed by atoms with Crippen LogP contribution in [0.4, 0.5) is 10.1 Å². The molecule has 0 fully saturated rings. The lowest BCUT2D eigenvalue weighted by molar-refractivity contribution is -0.00834. The zero-order valence-corrected chi connectivity index (χ0v) is 30.1. The molecule has 1 heterocycles. The molecule has 0 aliphatic carbocycles. The number of sulfonamides is 2. The normalized spacial score (nSPS) is 20.6. The Bertz CT molecular complexity index is 1790. The molecule has 4 rings (SSSR count). The Morgan fingerprint density at radius 3 is 2.31 bits per heavy atom. The number of carbonyl (C=O) groups is 1. The number of carbonyl (C=O) groups excluding carboxylic acids is 1. The standard InChI is InChI=1S/C35H46FN3O8S2/c1-24-9-14-30(15-10-24)48(42,43)37-29-13-18-33-32(20-29)35(41)39(26(3)23-40)21-25(2)34(46-19-7-6-8-27(4)47-33)22-38(5)49(44,45)31-16-11-28(36)12-17-31/h9-18,20,25-27,34,37,40H,6-8,19,21-23H2,1-5H3/t25-,26+,27+,34+/m0/s1. The first-order valence-corrected chi connectivity index (χ1v) is 19.2. The molecule has 2 N–H and O–H groups in total. The number of amides is 1. The molecule has 3 aromatic carbocycles. The van der Waals surface area contributed by atoms with Crippen molar-refractivity contribution in [2.75, 3.05) is 38.1 Å². The summed E-state index contributed by atoms with van der Waals surface area (Å²) in [4.78, 5) is 15.8. The summed E-state index contributed by atoms with van der Waals surface area (Å²) in [5.41, 5.74) is 1.17. The predicted octanol–water partition coefficient (Wildman–Crippen LogP) is 5.05. The van der Waals surface area contributed by atoms with Gasteiger partial charge in [-0.3, -0.25) is 9.52 Å². The summed E-state index contributed by atoms with van der Waals surface area (Å²) >= 11 is 0. The molecule has 0 aromatic heterocycles. The van der Waals surface area contributed by atoms with Gasteiger partial charge < -0.3 is 19.5 Å². The maximum Gasteiger partial charge on any atom is 0.261 e. The fraction of sp³-hybridized carbons (Fsp3) is 0.457. The monoisotopic (exact) mass is 719 g/mol. The topological polar surface area (TPSA) is 143 Å². The average Bonchev–Trinajstić information content (AvgIpc) is 3.06. The highest BCUT2D eigenvalue weighted by Crippen LogP contribution is 2.30. The van der Waals surface area contributed by atoms with E-state index in [4.69, 9.17) is 9.47 Å². The Kier molecular flexibility index (Phi) is 12.8. The van der Waals surface area contributed by atoms with Crippen molar-refractivity contribution < 1.29 is 40.6 Å². The molecule has 268 valence electrons. The van der Waals surface area contributed by atoms with Crippen LogP contribution in [0, 0.1) is 18.7 Å². The Hall–Kier alpha value is -3.56. The molecule has 0 radical (unpaired) electrons.